The van der Waals surface area contributed by atoms with Crippen LogP contribution in [-0.2, 0) is 17.6 Å². The molecule has 0 bridgehead atoms. The number of aromatic nitrogens is 1. The number of aromatic amines is 1. The first kappa shape index (κ1) is 20.7. The van der Waals surface area contributed by atoms with Gasteiger partial charge in [-0.3, -0.25) is 4.79 Å². The van der Waals surface area contributed by atoms with Crippen molar-refractivity contribution in [1.82, 2.24) is 15.2 Å². The summed E-state index contributed by atoms with van der Waals surface area (Å²) in [5, 5.41) is 4.15. The molecule has 5 heteroatoms. The second kappa shape index (κ2) is 9.94. The minimum absolute atomic E-state index is 0.0829. The smallest absolute Gasteiger partial charge is 0.244 e. The molecule has 0 saturated heterocycles. The number of likely N-dealkylation sites (N-methyl/N-ethyl adjacent to an activating group) is 1. The molecule has 152 valence electrons. The first-order chi connectivity index (χ1) is 14.0. The normalized spacial score (nSPS) is 11.4. The van der Waals surface area contributed by atoms with Gasteiger partial charge in [-0.2, -0.15) is 0 Å². The quantitative estimate of drug-likeness (QED) is 0.548. The molecule has 3 aromatic rings. The molecule has 5 nitrogen and oxygen atoms in total. The summed E-state index contributed by atoms with van der Waals surface area (Å²) in [4.78, 5) is 17.6. The van der Waals surface area contributed by atoms with Crippen molar-refractivity contribution in [3.8, 4) is 5.75 Å². The molecule has 0 spiro atoms. The van der Waals surface area contributed by atoms with Gasteiger partial charge in [0.05, 0.1) is 7.11 Å². The topological polar surface area (TPSA) is 57.4 Å². The number of carbonyl (C=O) groups is 1. The maximum absolute atomic E-state index is 12.1. The fourth-order valence-corrected chi connectivity index (χ4v) is 3.20. The number of H-pyrrole nitrogens is 1. The van der Waals surface area contributed by atoms with Crippen LogP contribution in [0.5, 0.6) is 5.75 Å². The largest absolute Gasteiger partial charge is 0.497 e. The van der Waals surface area contributed by atoms with Gasteiger partial charge >= 0.3 is 0 Å². The number of ether oxygens (including phenoxy) is 1. The number of hydrogen-bond donors (Lipinski definition) is 2. The molecule has 0 unspecified atom stereocenters. The van der Waals surface area contributed by atoms with E-state index in [0.29, 0.717) is 6.54 Å². The number of rotatable bonds is 9. The summed E-state index contributed by atoms with van der Waals surface area (Å²) < 4.78 is 5.16. The number of hydrogen-bond acceptors (Lipinski definition) is 3. The van der Waals surface area contributed by atoms with Crippen LogP contribution in [0.15, 0.2) is 54.7 Å². The lowest BCUT2D eigenvalue weighted by molar-refractivity contribution is -0.116. The summed E-state index contributed by atoms with van der Waals surface area (Å²) in [6.07, 6.45) is 7.32. The number of nitrogens with one attached hydrogen (secondary N) is 2. The minimum Gasteiger partial charge on any atom is -0.497 e. The van der Waals surface area contributed by atoms with Gasteiger partial charge in [0.1, 0.15) is 5.75 Å². The molecule has 0 aliphatic rings. The zero-order valence-electron chi connectivity index (χ0n) is 17.4. The molecule has 0 saturated carbocycles. The van der Waals surface area contributed by atoms with E-state index in [9.17, 15) is 4.79 Å². The van der Waals surface area contributed by atoms with E-state index >= 15 is 0 Å². The molecule has 2 N–H and O–H groups in total. The molecule has 1 aromatic heterocycles. The lowest BCUT2D eigenvalue weighted by Crippen LogP contribution is -2.23. The van der Waals surface area contributed by atoms with Crippen molar-refractivity contribution >= 4 is 22.9 Å². The summed E-state index contributed by atoms with van der Waals surface area (Å²) >= 11 is 0. The molecular weight excluding hydrogens is 362 g/mol. The molecule has 0 aliphatic carbocycles. The third-order valence-electron chi connectivity index (χ3n) is 4.92. The Morgan fingerprint density at radius 3 is 2.66 bits per heavy atom. The van der Waals surface area contributed by atoms with Crippen LogP contribution >= 0.6 is 0 Å². The van der Waals surface area contributed by atoms with E-state index in [4.69, 9.17) is 4.74 Å². The predicted molar refractivity (Wildman–Crippen MR) is 119 cm³/mol. The Kier molecular flexibility index (Phi) is 7.09. The van der Waals surface area contributed by atoms with Crippen LogP contribution < -0.4 is 10.1 Å². The number of carbonyl (C=O) groups excluding carboxylic acids is 1. The van der Waals surface area contributed by atoms with Crippen LogP contribution in [0.4, 0.5) is 0 Å². The van der Waals surface area contributed by atoms with Crippen molar-refractivity contribution in [2.24, 2.45) is 0 Å². The summed E-state index contributed by atoms with van der Waals surface area (Å²) in [6, 6.07) is 14.1. The van der Waals surface area contributed by atoms with Crippen molar-refractivity contribution in [1.29, 1.82) is 0 Å². The molecule has 0 atom stereocenters. The Hall–Kier alpha value is -3.05. The monoisotopic (exact) mass is 391 g/mol. The molecule has 2 aromatic carbocycles. The van der Waals surface area contributed by atoms with Gasteiger partial charge in [-0.1, -0.05) is 18.2 Å². The average molecular weight is 392 g/mol. The average Bonchev–Trinajstić information content (AvgIpc) is 3.13. The van der Waals surface area contributed by atoms with Gasteiger partial charge in [0.25, 0.3) is 0 Å². The highest BCUT2D eigenvalue weighted by molar-refractivity contribution is 5.93. The van der Waals surface area contributed by atoms with E-state index in [2.05, 4.69) is 47.6 Å². The van der Waals surface area contributed by atoms with Gasteiger partial charge in [-0.15, -0.1) is 0 Å². The second-order valence-corrected chi connectivity index (χ2v) is 7.39. The third kappa shape index (κ3) is 5.96. The lowest BCUT2D eigenvalue weighted by Gasteiger charge is -2.08. The van der Waals surface area contributed by atoms with E-state index in [-0.39, 0.29) is 5.91 Å². The van der Waals surface area contributed by atoms with Crippen LogP contribution in [0.3, 0.4) is 0 Å². The maximum Gasteiger partial charge on any atom is 0.244 e. The van der Waals surface area contributed by atoms with Crippen molar-refractivity contribution in [3.05, 3.63) is 71.4 Å². The van der Waals surface area contributed by atoms with E-state index in [1.165, 1.54) is 16.5 Å². The van der Waals surface area contributed by atoms with Gasteiger partial charge in [0.15, 0.2) is 0 Å². The van der Waals surface area contributed by atoms with E-state index in [1.807, 2.05) is 36.4 Å². The van der Waals surface area contributed by atoms with Crippen LogP contribution in [0.25, 0.3) is 17.0 Å². The highest BCUT2D eigenvalue weighted by Crippen LogP contribution is 2.21. The van der Waals surface area contributed by atoms with Crippen molar-refractivity contribution in [3.63, 3.8) is 0 Å². The fraction of sp³-hybridized carbons (Fsp3) is 0.292. The van der Waals surface area contributed by atoms with Crippen molar-refractivity contribution in [2.75, 3.05) is 34.3 Å². The van der Waals surface area contributed by atoms with Gasteiger partial charge in [0, 0.05) is 36.3 Å². The van der Waals surface area contributed by atoms with Crippen molar-refractivity contribution in [2.45, 2.75) is 12.8 Å². The van der Waals surface area contributed by atoms with Crippen LogP contribution in [-0.4, -0.2) is 50.1 Å². The van der Waals surface area contributed by atoms with Crippen LogP contribution in [0.1, 0.15) is 16.7 Å². The Morgan fingerprint density at radius 1 is 1.14 bits per heavy atom. The first-order valence-corrected chi connectivity index (χ1v) is 9.89. The molecule has 3 rings (SSSR count). The van der Waals surface area contributed by atoms with Gasteiger partial charge < -0.3 is 19.9 Å². The summed E-state index contributed by atoms with van der Waals surface area (Å²) in [5.41, 5.74) is 4.61. The molecule has 0 radical (unpaired) electrons. The Morgan fingerprint density at radius 2 is 1.93 bits per heavy atom. The number of amides is 1. The zero-order valence-corrected chi connectivity index (χ0v) is 17.4. The lowest BCUT2D eigenvalue weighted by atomic mass is 10.1. The van der Waals surface area contributed by atoms with Gasteiger partial charge in [0.2, 0.25) is 5.91 Å². The predicted octanol–water partition coefficient (Wildman–Crippen LogP) is 3.65. The van der Waals surface area contributed by atoms with Crippen molar-refractivity contribution < 1.29 is 9.53 Å². The molecule has 1 heterocycles. The standard InChI is InChI=1S/C24H29N3O2/c1-27(2)15-13-20-17-26-23-10-6-19(16-22(20)23)7-11-24(28)25-14-12-18-4-8-21(29-3)9-5-18/h4-11,16-17,26H,12-15H2,1-3H3,(H,25,28). The maximum atomic E-state index is 12.1. The third-order valence-corrected chi connectivity index (χ3v) is 4.92. The molecule has 0 aliphatic heterocycles. The highest BCUT2D eigenvalue weighted by Gasteiger charge is 2.05. The number of methoxy groups -OCH3 is 1. The van der Waals surface area contributed by atoms with Crippen LogP contribution in [0.2, 0.25) is 0 Å². The number of nitrogens with zero attached hydrogens (tertiary/aromatic N) is 1. The minimum atomic E-state index is -0.0829. The Bertz CT molecular complexity index is 971. The molecule has 29 heavy (non-hydrogen) atoms. The summed E-state index contributed by atoms with van der Waals surface area (Å²) in [7, 11) is 5.81. The highest BCUT2D eigenvalue weighted by atomic mass is 16.5. The molecular formula is C24H29N3O2. The van der Waals surface area contributed by atoms with Crippen LogP contribution in [0, 0.1) is 0 Å². The zero-order chi connectivity index (χ0) is 20.6. The second-order valence-electron chi connectivity index (χ2n) is 7.39. The first-order valence-electron chi connectivity index (χ1n) is 9.89. The van der Waals surface area contributed by atoms with Gasteiger partial charge in [-0.05, 0) is 74.0 Å². The number of benzene rings is 2. The van der Waals surface area contributed by atoms with E-state index in [1.54, 1.807) is 13.2 Å². The molecule has 0 fully saturated rings. The Labute approximate surface area is 172 Å². The van der Waals surface area contributed by atoms with E-state index in [0.717, 1.165) is 36.2 Å². The van der Waals surface area contributed by atoms with E-state index < -0.39 is 0 Å². The number of fused-ring (bicyclic) bond motifs is 1. The SMILES string of the molecule is COc1ccc(CCNC(=O)C=Cc2ccc3[nH]cc(CCN(C)C)c3c2)cc1. The molecule has 1 amide bonds. The Balaban J connectivity index is 1.54. The summed E-state index contributed by atoms with van der Waals surface area (Å²) in [5.74, 6) is 0.755. The van der Waals surface area contributed by atoms with Gasteiger partial charge in [-0.25, -0.2) is 0 Å². The summed E-state index contributed by atoms with van der Waals surface area (Å²) in [6.45, 7) is 1.60. The fourth-order valence-electron chi connectivity index (χ4n) is 3.20.